The van der Waals surface area contributed by atoms with E-state index in [0.29, 0.717) is 13.1 Å². The van der Waals surface area contributed by atoms with Gasteiger partial charge in [0.15, 0.2) is 0 Å². The molecule has 33 heavy (non-hydrogen) atoms. The first-order valence-corrected chi connectivity index (χ1v) is 12.3. The minimum Gasteiger partial charge on any atom is -0.495 e. The van der Waals surface area contributed by atoms with Crippen LogP contribution in [0.4, 0.5) is 5.69 Å². The molecule has 0 bridgehead atoms. The van der Waals surface area contributed by atoms with Crippen molar-refractivity contribution in [3.05, 3.63) is 59.7 Å². The van der Waals surface area contributed by atoms with Crippen LogP contribution in [0, 0.1) is 0 Å². The number of piperazine rings is 1. The highest BCUT2D eigenvalue weighted by Crippen LogP contribution is 2.27. The summed E-state index contributed by atoms with van der Waals surface area (Å²) in [6.07, 6.45) is -0.125. The molecule has 2 aromatic rings. The van der Waals surface area contributed by atoms with Gasteiger partial charge in [-0.15, -0.1) is 0 Å². The first-order valence-electron chi connectivity index (χ1n) is 10.6. The van der Waals surface area contributed by atoms with Crippen molar-refractivity contribution in [2.45, 2.75) is 13.0 Å². The molecule has 1 aliphatic rings. The monoisotopic (exact) mass is 475 g/mol. The molecule has 10 heteroatoms. The highest BCUT2D eigenvalue weighted by molar-refractivity contribution is 7.92. The van der Waals surface area contributed by atoms with Crippen molar-refractivity contribution in [2.24, 2.45) is 0 Å². The molecule has 178 valence electrons. The van der Waals surface area contributed by atoms with E-state index in [2.05, 4.69) is 9.62 Å². The van der Waals surface area contributed by atoms with E-state index in [-0.39, 0.29) is 41.7 Å². The van der Waals surface area contributed by atoms with Gasteiger partial charge in [-0.25, -0.2) is 13.2 Å². The molecule has 0 radical (unpaired) electrons. The van der Waals surface area contributed by atoms with Crippen molar-refractivity contribution in [3.63, 3.8) is 0 Å². The van der Waals surface area contributed by atoms with Crippen molar-refractivity contribution in [3.8, 4) is 5.75 Å². The van der Waals surface area contributed by atoms with Crippen LogP contribution in [0.15, 0.2) is 48.5 Å². The third-order valence-corrected chi connectivity index (χ3v) is 6.63. The highest BCUT2D eigenvalue weighted by atomic mass is 32.2. The molecule has 9 nitrogen and oxygen atoms in total. The van der Waals surface area contributed by atoms with Gasteiger partial charge in [0, 0.05) is 32.6 Å². The number of rotatable bonds is 9. The normalized spacial score (nSPS) is 14.5. The van der Waals surface area contributed by atoms with Crippen LogP contribution in [-0.4, -0.2) is 76.2 Å². The molecule has 0 atom stereocenters. The maximum atomic E-state index is 12.6. The van der Waals surface area contributed by atoms with Crippen LogP contribution >= 0.6 is 0 Å². The Balaban J connectivity index is 1.62. The third kappa shape index (κ3) is 7.19. The summed E-state index contributed by atoms with van der Waals surface area (Å²) < 4.78 is 38.3. The maximum absolute atomic E-state index is 12.6. The van der Waals surface area contributed by atoms with Gasteiger partial charge in [-0.2, -0.15) is 0 Å². The predicted octanol–water partition coefficient (Wildman–Crippen LogP) is 1.96. The number of likely N-dealkylation sites (N-methyl/N-ethyl adjacent to an activating group) is 1. The molecule has 1 heterocycles. The summed E-state index contributed by atoms with van der Waals surface area (Å²) in [7, 11) is -0.468. The molecule has 3 rings (SSSR count). The molecule has 0 unspecified atom stereocenters. The zero-order valence-corrected chi connectivity index (χ0v) is 19.6. The molecule has 1 amide bonds. The molecule has 2 aromatic carbocycles. The van der Waals surface area contributed by atoms with Crippen LogP contribution in [0.5, 0.6) is 5.75 Å². The average Bonchev–Trinajstić information content (AvgIpc) is 2.82. The summed E-state index contributed by atoms with van der Waals surface area (Å²) in [5.41, 5.74) is 1.13. The van der Waals surface area contributed by atoms with Crippen LogP contribution in [0.1, 0.15) is 22.3 Å². The Hall–Kier alpha value is -3.11. The summed E-state index contributed by atoms with van der Waals surface area (Å²) in [4.78, 5) is 28.6. The molecule has 0 saturated carbocycles. The number of sulfonamides is 1. The lowest BCUT2D eigenvalue weighted by Crippen LogP contribution is -2.47. The minimum absolute atomic E-state index is 0.0984. The Labute approximate surface area is 194 Å². The quantitative estimate of drug-likeness (QED) is 0.553. The summed E-state index contributed by atoms with van der Waals surface area (Å²) in [6.45, 7) is 2.80. The number of esters is 1. The lowest BCUT2D eigenvalue weighted by molar-refractivity contribution is -0.132. The zero-order chi connectivity index (χ0) is 23.8. The first-order chi connectivity index (χ1) is 15.8. The van der Waals surface area contributed by atoms with Crippen molar-refractivity contribution < 1.29 is 27.5 Å². The number of anilines is 1. The number of carbonyl (C=O) groups excluding carboxylic acids is 2. The molecule has 1 N–H and O–H groups in total. The fourth-order valence-electron chi connectivity index (χ4n) is 3.38. The van der Waals surface area contributed by atoms with Gasteiger partial charge < -0.3 is 19.3 Å². The SMILES string of the molecule is COc1ccc(C(=O)OCc2ccccc2)cc1NS(=O)(=O)CCC(=O)N1CCN(C)CC1. The number of nitrogens with zero attached hydrogens (tertiary/aromatic N) is 2. The van der Waals surface area contributed by atoms with E-state index < -0.39 is 16.0 Å². The topological polar surface area (TPSA) is 105 Å². The van der Waals surface area contributed by atoms with Crippen LogP contribution in [-0.2, 0) is 26.2 Å². The van der Waals surface area contributed by atoms with Gasteiger partial charge in [0.2, 0.25) is 15.9 Å². The fraction of sp³-hybridized carbons (Fsp3) is 0.391. The zero-order valence-electron chi connectivity index (χ0n) is 18.8. The lowest BCUT2D eigenvalue weighted by atomic mass is 10.2. The van der Waals surface area contributed by atoms with E-state index in [4.69, 9.17) is 9.47 Å². The number of amides is 1. The van der Waals surface area contributed by atoms with Gasteiger partial charge in [0.05, 0.1) is 24.1 Å². The molecule has 0 spiro atoms. The van der Waals surface area contributed by atoms with Crippen LogP contribution in [0.2, 0.25) is 0 Å². The van der Waals surface area contributed by atoms with Crippen molar-refractivity contribution in [1.82, 2.24) is 9.80 Å². The number of nitrogens with one attached hydrogen (secondary N) is 1. The predicted molar refractivity (Wildman–Crippen MR) is 125 cm³/mol. The number of methoxy groups -OCH3 is 1. The molecular formula is C23H29N3O6S. The number of ether oxygens (including phenoxy) is 2. The van der Waals surface area contributed by atoms with E-state index in [0.717, 1.165) is 18.7 Å². The van der Waals surface area contributed by atoms with E-state index in [1.54, 1.807) is 4.90 Å². The second-order valence-corrected chi connectivity index (χ2v) is 9.67. The summed E-state index contributed by atoms with van der Waals surface area (Å²) in [5, 5.41) is 0. The van der Waals surface area contributed by atoms with E-state index in [9.17, 15) is 18.0 Å². The Morgan fingerprint density at radius 2 is 1.73 bits per heavy atom. The summed E-state index contributed by atoms with van der Waals surface area (Å²) >= 11 is 0. The molecule has 1 saturated heterocycles. The van der Waals surface area contributed by atoms with Crippen molar-refractivity contribution in [1.29, 1.82) is 0 Å². The Bertz CT molecular complexity index is 1070. The molecular weight excluding hydrogens is 446 g/mol. The highest BCUT2D eigenvalue weighted by Gasteiger charge is 2.22. The second kappa shape index (κ2) is 11.2. The number of hydrogen-bond donors (Lipinski definition) is 1. The molecule has 1 aliphatic heterocycles. The van der Waals surface area contributed by atoms with Gasteiger partial charge in [-0.3, -0.25) is 9.52 Å². The first kappa shape index (κ1) is 24.5. The average molecular weight is 476 g/mol. The van der Waals surface area contributed by atoms with Gasteiger partial charge in [0.1, 0.15) is 12.4 Å². The van der Waals surface area contributed by atoms with Crippen LogP contribution in [0.3, 0.4) is 0 Å². The van der Waals surface area contributed by atoms with Gasteiger partial charge in [-0.1, -0.05) is 30.3 Å². The Morgan fingerprint density at radius 1 is 1.03 bits per heavy atom. The summed E-state index contributed by atoms with van der Waals surface area (Å²) in [5.74, 6) is -0.904. The van der Waals surface area contributed by atoms with Crippen LogP contribution in [0.25, 0.3) is 0 Å². The van der Waals surface area contributed by atoms with Gasteiger partial charge in [-0.05, 0) is 30.8 Å². The van der Waals surface area contributed by atoms with Crippen molar-refractivity contribution in [2.75, 3.05) is 50.8 Å². The van der Waals surface area contributed by atoms with E-state index in [1.165, 1.54) is 25.3 Å². The molecule has 0 aromatic heterocycles. The minimum atomic E-state index is -3.85. The summed E-state index contributed by atoms with van der Waals surface area (Å²) in [6, 6.07) is 13.6. The van der Waals surface area contributed by atoms with Crippen molar-refractivity contribution >= 4 is 27.6 Å². The smallest absolute Gasteiger partial charge is 0.338 e. The molecule has 0 aliphatic carbocycles. The van der Waals surface area contributed by atoms with E-state index >= 15 is 0 Å². The number of benzene rings is 2. The Kier molecular flexibility index (Phi) is 8.29. The number of hydrogen-bond acceptors (Lipinski definition) is 7. The van der Waals surface area contributed by atoms with Gasteiger partial charge in [0.25, 0.3) is 0 Å². The van der Waals surface area contributed by atoms with Crippen LogP contribution < -0.4 is 9.46 Å². The largest absolute Gasteiger partial charge is 0.495 e. The molecule has 1 fully saturated rings. The number of carbonyl (C=O) groups is 2. The third-order valence-electron chi connectivity index (χ3n) is 5.35. The second-order valence-electron chi connectivity index (χ2n) is 7.83. The maximum Gasteiger partial charge on any atom is 0.338 e. The van der Waals surface area contributed by atoms with E-state index in [1.807, 2.05) is 37.4 Å². The van der Waals surface area contributed by atoms with Gasteiger partial charge >= 0.3 is 5.97 Å². The lowest BCUT2D eigenvalue weighted by Gasteiger charge is -2.32. The Morgan fingerprint density at radius 3 is 2.39 bits per heavy atom. The fourth-order valence-corrected chi connectivity index (χ4v) is 4.42. The standard InChI is InChI=1S/C23H29N3O6S/c1-25-11-13-26(14-12-25)22(27)10-15-33(29,30)24-20-16-19(8-9-21(20)31-2)23(28)32-17-18-6-4-3-5-7-18/h3-9,16,24H,10-15,17H2,1-2H3.